The lowest BCUT2D eigenvalue weighted by Gasteiger charge is -2.15. The predicted molar refractivity (Wildman–Crippen MR) is 73.6 cm³/mol. The van der Waals surface area contributed by atoms with Crippen molar-refractivity contribution in [1.82, 2.24) is 9.97 Å². The number of anilines is 2. The summed E-state index contributed by atoms with van der Waals surface area (Å²) in [4.78, 5) is 8.86. The van der Waals surface area contributed by atoms with E-state index in [9.17, 15) is 0 Å². The Hall–Kier alpha value is -1.32. The lowest BCUT2D eigenvalue weighted by molar-refractivity contribution is 0.642. The molecule has 0 aliphatic rings. The number of unbranched alkanes of at least 4 members (excludes halogenated alkanes) is 1. The van der Waals surface area contributed by atoms with Gasteiger partial charge in [0.05, 0.1) is 0 Å². The number of nitrogens with one attached hydrogen (secondary N) is 2. The third-order valence-corrected chi connectivity index (χ3v) is 2.73. The molecule has 0 aromatic carbocycles. The molecule has 0 radical (unpaired) electrons. The third-order valence-electron chi connectivity index (χ3n) is 2.73. The van der Waals surface area contributed by atoms with E-state index in [1.54, 1.807) is 0 Å². The number of rotatable bonds is 7. The second-order valence-electron chi connectivity index (χ2n) is 4.35. The first kappa shape index (κ1) is 13.7. The highest BCUT2D eigenvalue weighted by atomic mass is 15.1. The van der Waals surface area contributed by atoms with Crippen LogP contribution in [0, 0.1) is 0 Å². The number of hydrogen-bond acceptors (Lipinski definition) is 4. The van der Waals surface area contributed by atoms with E-state index < -0.39 is 0 Å². The molecule has 0 bridgehead atoms. The number of aromatic nitrogens is 2. The van der Waals surface area contributed by atoms with Crippen LogP contribution in [0.5, 0.6) is 0 Å². The molecule has 0 aliphatic heterocycles. The largest absolute Gasteiger partial charge is 0.373 e. The van der Waals surface area contributed by atoms with Crippen molar-refractivity contribution < 1.29 is 0 Å². The van der Waals surface area contributed by atoms with E-state index >= 15 is 0 Å². The van der Waals surface area contributed by atoms with Gasteiger partial charge in [-0.15, -0.1) is 0 Å². The maximum Gasteiger partial charge on any atom is 0.132 e. The minimum Gasteiger partial charge on any atom is -0.373 e. The SMILES string of the molecule is CCCCC(C)Nc1cc(NC)nc(CC)n1. The molecule has 4 heteroatoms. The van der Waals surface area contributed by atoms with Crippen molar-refractivity contribution in [3.63, 3.8) is 0 Å². The molecule has 1 aromatic heterocycles. The molecule has 0 fully saturated rings. The highest BCUT2D eigenvalue weighted by Crippen LogP contribution is 2.14. The summed E-state index contributed by atoms with van der Waals surface area (Å²) in [6.07, 6.45) is 4.51. The minimum atomic E-state index is 0.458. The summed E-state index contributed by atoms with van der Waals surface area (Å²) in [5.41, 5.74) is 0. The fourth-order valence-electron chi connectivity index (χ4n) is 1.69. The van der Waals surface area contributed by atoms with E-state index in [4.69, 9.17) is 0 Å². The van der Waals surface area contributed by atoms with E-state index in [1.165, 1.54) is 19.3 Å². The van der Waals surface area contributed by atoms with Gasteiger partial charge in [0.25, 0.3) is 0 Å². The number of aryl methyl sites for hydroxylation is 1. The highest BCUT2D eigenvalue weighted by Gasteiger charge is 2.05. The fraction of sp³-hybridized carbons (Fsp3) is 0.692. The van der Waals surface area contributed by atoms with Gasteiger partial charge >= 0.3 is 0 Å². The lowest BCUT2D eigenvalue weighted by Crippen LogP contribution is -2.16. The molecule has 0 saturated carbocycles. The molecule has 0 spiro atoms. The van der Waals surface area contributed by atoms with Crippen LogP contribution in [0.3, 0.4) is 0 Å². The van der Waals surface area contributed by atoms with Crippen LogP contribution in [0.2, 0.25) is 0 Å². The Balaban J connectivity index is 2.68. The molecule has 17 heavy (non-hydrogen) atoms. The predicted octanol–water partition coefficient (Wildman–Crippen LogP) is 3.07. The molecule has 1 atom stereocenters. The summed E-state index contributed by atoms with van der Waals surface area (Å²) in [6, 6.07) is 2.42. The van der Waals surface area contributed by atoms with Gasteiger partial charge in [-0.25, -0.2) is 9.97 Å². The van der Waals surface area contributed by atoms with Crippen molar-refractivity contribution in [2.75, 3.05) is 17.7 Å². The van der Waals surface area contributed by atoms with E-state index in [2.05, 4.69) is 41.4 Å². The molecule has 0 amide bonds. The van der Waals surface area contributed by atoms with Crippen LogP contribution in [0.1, 0.15) is 45.9 Å². The van der Waals surface area contributed by atoms with Crippen molar-refractivity contribution in [2.45, 2.75) is 52.5 Å². The Morgan fingerprint density at radius 1 is 1.24 bits per heavy atom. The Bertz CT molecular complexity index is 316. The monoisotopic (exact) mass is 236 g/mol. The van der Waals surface area contributed by atoms with Crippen LogP contribution in [-0.2, 0) is 6.42 Å². The Kier molecular flexibility index (Phi) is 5.73. The first-order valence-electron chi connectivity index (χ1n) is 6.51. The van der Waals surface area contributed by atoms with Crippen molar-refractivity contribution >= 4 is 11.6 Å². The second-order valence-corrected chi connectivity index (χ2v) is 4.35. The average Bonchev–Trinajstić information content (AvgIpc) is 2.35. The number of hydrogen-bond donors (Lipinski definition) is 2. The first-order valence-corrected chi connectivity index (χ1v) is 6.51. The van der Waals surface area contributed by atoms with Crippen LogP contribution in [0.15, 0.2) is 6.07 Å². The molecule has 1 rings (SSSR count). The number of nitrogens with zero attached hydrogens (tertiary/aromatic N) is 2. The van der Waals surface area contributed by atoms with Gasteiger partial charge in [0.1, 0.15) is 17.5 Å². The first-order chi connectivity index (χ1) is 8.19. The topological polar surface area (TPSA) is 49.8 Å². The van der Waals surface area contributed by atoms with Gasteiger partial charge in [0.2, 0.25) is 0 Å². The van der Waals surface area contributed by atoms with Gasteiger partial charge in [-0.3, -0.25) is 0 Å². The molecule has 1 unspecified atom stereocenters. The summed E-state index contributed by atoms with van der Waals surface area (Å²) in [7, 11) is 1.88. The standard InChI is InChI=1S/C13H24N4/c1-5-7-8-10(3)15-13-9-12(14-4)16-11(6-2)17-13/h9-10H,5-8H2,1-4H3,(H2,14,15,16,17). The Morgan fingerprint density at radius 2 is 1.94 bits per heavy atom. The van der Waals surface area contributed by atoms with Gasteiger partial charge in [-0.2, -0.15) is 0 Å². The van der Waals surface area contributed by atoms with Crippen molar-refractivity contribution in [1.29, 1.82) is 0 Å². The zero-order chi connectivity index (χ0) is 12.7. The smallest absolute Gasteiger partial charge is 0.132 e. The zero-order valence-electron chi connectivity index (χ0n) is 11.4. The van der Waals surface area contributed by atoms with Gasteiger partial charge < -0.3 is 10.6 Å². The van der Waals surface area contributed by atoms with Crippen LogP contribution >= 0.6 is 0 Å². The zero-order valence-corrected chi connectivity index (χ0v) is 11.4. The highest BCUT2D eigenvalue weighted by molar-refractivity contribution is 5.47. The lowest BCUT2D eigenvalue weighted by atomic mass is 10.1. The Morgan fingerprint density at radius 3 is 2.53 bits per heavy atom. The molecule has 1 aromatic rings. The normalized spacial score (nSPS) is 12.2. The van der Waals surface area contributed by atoms with Gasteiger partial charge in [0.15, 0.2) is 0 Å². The second kappa shape index (κ2) is 7.09. The summed E-state index contributed by atoms with van der Waals surface area (Å²) < 4.78 is 0. The van der Waals surface area contributed by atoms with Crippen molar-refractivity contribution in [2.24, 2.45) is 0 Å². The third kappa shape index (κ3) is 4.59. The fourth-order valence-corrected chi connectivity index (χ4v) is 1.69. The molecule has 2 N–H and O–H groups in total. The van der Waals surface area contributed by atoms with E-state index in [0.29, 0.717) is 6.04 Å². The molecular formula is C13H24N4. The van der Waals surface area contributed by atoms with Crippen LogP contribution in [-0.4, -0.2) is 23.1 Å². The maximum absolute atomic E-state index is 4.49. The molecule has 0 aliphatic carbocycles. The van der Waals surface area contributed by atoms with Gasteiger partial charge in [-0.05, 0) is 13.3 Å². The van der Waals surface area contributed by atoms with E-state index in [1.807, 2.05) is 13.1 Å². The van der Waals surface area contributed by atoms with Gasteiger partial charge in [0, 0.05) is 25.6 Å². The molecule has 96 valence electrons. The van der Waals surface area contributed by atoms with Crippen LogP contribution < -0.4 is 10.6 Å². The molecular weight excluding hydrogens is 212 g/mol. The quantitative estimate of drug-likeness (QED) is 0.764. The minimum absolute atomic E-state index is 0.458. The van der Waals surface area contributed by atoms with Gasteiger partial charge in [-0.1, -0.05) is 26.7 Å². The average molecular weight is 236 g/mol. The van der Waals surface area contributed by atoms with Crippen LogP contribution in [0.25, 0.3) is 0 Å². The summed E-state index contributed by atoms with van der Waals surface area (Å²) in [5.74, 6) is 2.67. The summed E-state index contributed by atoms with van der Waals surface area (Å²) in [5, 5.41) is 6.50. The van der Waals surface area contributed by atoms with Crippen molar-refractivity contribution in [3.05, 3.63) is 11.9 Å². The van der Waals surface area contributed by atoms with E-state index in [0.717, 1.165) is 23.9 Å². The molecule has 1 heterocycles. The van der Waals surface area contributed by atoms with Crippen LogP contribution in [0.4, 0.5) is 11.6 Å². The van der Waals surface area contributed by atoms with Crippen molar-refractivity contribution in [3.8, 4) is 0 Å². The van der Waals surface area contributed by atoms with E-state index in [-0.39, 0.29) is 0 Å². The molecule has 4 nitrogen and oxygen atoms in total. The Labute approximate surface area is 104 Å². The summed E-state index contributed by atoms with van der Waals surface area (Å²) in [6.45, 7) is 6.48. The molecule has 0 saturated heterocycles. The maximum atomic E-state index is 4.49. The summed E-state index contributed by atoms with van der Waals surface area (Å²) >= 11 is 0.